The van der Waals surface area contributed by atoms with E-state index in [4.69, 9.17) is 5.11 Å². The average molecular weight is 292 g/mol. The molecule has 1 aliphatic heterocycles. The zero-order chi connectivity index (χ0) is 13.6. The topological polar surface area (TPSA) is 78.4 Å². The van der Waals surface area contributed by atoms with Gasteiger partial charge in [0.15, 0.2) is 0 Å². The molecule has 0 aromatic rings. The van der Waals surface area contributed by atoms with Crippen LogP contribution in [0.15, 0.2) is 0 Å². The van der Waals surface area contributed by atoms with Gasteiger partial charge in [-0.05, 0) is 13.8 Å². The number of rotatable bonds is 5. The number of hydrogen-bond acceptors (Lipinski definition) is 4. The van der Waals surface area contributed by atoms with Gasteiger partial charge in [0, 0.05) is 35.6 Å². The Labute approximate surface area is 116 Å². The van der Waals surface area contributed by atoms with E-state index in [0.717, 1.165) is 11.5 Å². The summed E-state index contributed by atoms with van der Waals surface area (Å²) in [7, 11) is 0. The van der Waals surface area contributed by atoms with Gasteiger partial charge in [0.1, 0.15) is 0 Å². The van der Waals surface area contributed by atoms with Crippen molar-refractivity contribution in [1.82, 2.24) is 10.6 Å². The van der Waals surface area contributed by atoms with E-state index in [0.29, 0.717) is 11.8 Å². The van der Waals surface area contributed by atoms with Crippen LogP contribution in [0.4, 0.5) is 4.79 Å². The first-order chi connectivity index (χ1) is 8.42. The van der Waals surface area contributed by atoms with E-state index in [1.54, 1.807) is 13.8 Å². The fourth-order valence-corrected chi connectivity index (χ4v) is 3.91. The van der Waals surface area contributed by atoms with Gasteiger partial charge in [-0.15, -0.1) is 0 Å². The van der Waals surface area contributed by atoms with Crippen LogP contribution in [-0.4, -0.2) is 52.7 Å². The standard InChI is InChI=1S/C11H20N2O3S2/c1-11(2,9(14)15)7-13-10(16)12-5-8-6-17-3-4-18-8/h8H,3-7H2,1-2H3,(H,14,15)(H2,12,13,16). The fourth-order valence-electron chi connectivity index (χ4n) is 1.30. The molecule has 0 aliphatic carbocycles. The van der Waals surface area contributed by atoms with Gasteiger partial charge >= 0.3 is 12.0 Å². The summed E-state index contributed by atoms with van der Waals surface area (Å²) in [4.78, 5) is 22.4. The Kier molecular flexibility index (Phi) is 6.14. The van der Waals surface area contributed by atoms with E-state index in [9.17, 15) is 9.59 Å². The molecule has 1 heterocycles. The first-order valence-electron chi connectivity index (χ1n) is 5.86. The highest BCUT2D eigenvalue weighted by molar-refractivity contribution is 8.06. The van der Waals surface area contributed by atoms with Crippen LogP contribution in [0.5, 0.6) is 0 Å². The van der Waals surface area contributed by atoms with Crippen LogP contribution in [0.3, 0.4) is 0 Å². The quantitative estimate of drug-likeness (QED) is 0.711. The Morgan fingerprint density at radius 1 is 1.33 bits per heavy atom. The van der Waals surface area contributed by atoms with E-state index in [1.807, 2.05) is 23.5 Å². The van der Waals surface area contributed by atoms with Gasteiger partial charge in [-0.2, -0.15) is 23.5 Å². The van der Waals surface area contributed by atoms with Crippen molar-refractivity contribution in [3.63, 3.8) is 0 Å². The highest BCUT2D eigenvalue weighted by Gasteiger charge is 2.27. The predicted octanol–water partition coefficient (Wildman–Crippen LogP) is 1.24. The number of carboxylic acids is 1. The molecule has 0 saturated carbocycles. The van der Waals surface area contributed by atoms with E-state index in [1.165, 1.54) is 5.75 Å². The first kappa shape index (κ1) is 15.5. The molecule has 1 unspecified atom stereocenters. The predicted molar refractivity (Wildman–Crippen MR) is 76.4 cm³/mol. The Bertz CT molecular complexity index is 305. The number of carbonyl (C=O) groups excluding carboxylic acids is 1. The lowest BCUT2D eigenvalue weighted by atomic mass is 9.94. The number of hydrogen-bond donors (Lipinski definition) is 3. The van der Waals surface area contributed by atoms with Gasteiger partial charge < -0.3 is 15.7 Å². The van der Waals surface area contributed by atoms with Crippen LogP contribution in [0.25, 0.3) is 0 Å². The third kappa shape index (κ3) is 5.39. The molecule has 1 aliphatic rings. The van der Waals surface area contributed by atoms with Crippen molar-refractivity contribution in [3.8, 4) is 0 Å². The maximum Gasteiger partial charge on any atom is 0.314 e. The summed E-state index contributed by atoms with van der Waals surface area (Å²) in [6.07, 6.45) is 0. The lowest BCUT2D eigenvalue weighted by molar-refractivity contribution is -0.146. The molecule has 18 heavy (non-hydrogen) atoms. The number of amides is 2. The summed E-state index contributed by atoms with van der Waals surface area (Å²) in [6.45, 7) is 3.93. The van der Waals surface area contributed by atoms with Crippen molar-refractivity contribution in [2.24, 2.45) is 5.41 Å². The van der Waals surface area contributed by atoms with Gasteiger partial charge in [0.05, 0.1) is 5.41 Å². The van der Waals surface area contributed by atoms with Crippen molar-refractivity contribution in [3.05, 3.63) is 0 Å². The van der Waals surface area contributed by atoms with Gasteiger partial charge in [-0.25, -0.2) is 4.79 Å². The molecule has 0 aromatic heterocycles. The van der Waals surface area contributed by atoms with Crippen LogP contribution in [0, 0.1) is 5.41 Å². The third-order valence-electron chi connectivity index (χ3n) is 2.65. The number of carboxylic acid groups (broad SMARTS) is 1. The van der Waals surface area contributed by atoms with Crippen LogP contribution < -0.4 is 10.6 Å². The SMILES string of the molecule is CC(C)(CNC(=O)NCC1CSCCS1)C(=O)O. The Hall–Kier alpha value is -0.560. The minimum absolute atomic E-state index is 0.126. The summed E-state index contributed by atoms with van der Waals surface area (Å²) in [6, 6.07) is -0.291. The molecule has 104 valence electrons. The van der Waals surface area contributed by atoms with Gasteiger partial charge in [0.2, 0.25) is 0 Å². The van der Waals surface area contributed by atoms with Crippen molar-refractivity contribution in [1.29, 1.82) is 0 Å². The normalized spacial score (nSPS) is 20.2. The fraction of sp³-hybridized carbons (Fsp3) is 0.818. The van der Waals surface area contributed by atoms with E-state index >= 15 is 0 Å². The minimum atomic E-state index is -0.938. The average Bonchev–Trinajstić information content (AvgIpc) is 2.35. The monoisotopic (exact) mass is 292 g/mol. The molecule has 0 bridgehead atoms. The maximum atomic E-state index is 11.5. The van der Waals surface area contributed by atoms with Crippen LogP contribution in [0.2, 0.25) is 0 Å². The summed E-state index contributed by atoms with van der Waals surface area (Å²) in [5.74, 6) is 2.46. The molecule has 1 saturated heterocycles. The van der Waals surface area contributed by atoms with Crippen molar-refractivity contribution in [2.45, 2.75) is 19.1 Å². The maximum absolute atomic E-state index is 11.5. The first-order valence-corrected chi connectivity index (χ1v) is 8.06. The van der Waals surface area contributed by atoms with Crippen LogP contribution in [0.1, 0.15) is 13.8 Å². The molecule has 2 amide bonds. The second-order valence-corrected chi connectivity index (χ2v) is 7.38. The summed E-state index contributed by atoms with van der Waals surface area (Å²) in [5, 5.41) is 14.8. The largest absolute Gasteiger partial charge is 0.481 e. The van der Waals surface area contributed by atoms with Crippen molar-refractivity contribution in [2.75, 3.05) is 30.3 Å². The molecule has 0 radical (unpaired) electrons. The lowest BCUT2D eigenvalue weighted by Crippen LogP contribution is -2.45. The number of aliphatic carboxylic acids is 1. The van der Waals surface area contributed by atoms with Gasteiger partial charge in [-0.1, -0.05) is 0 Å². The van der Waals surface area contributed by atoms with Crippen molar-refractivity contribution < 1.29 is 14.7 Å². The Morgan fingerprint density at radius 2 is 2.06 bits per heavy atom. The number of nitrogens with one attached hydrogen (secondary N) is 2. The smallest absolute Gasteiger partial charge is 0.314 e. The molecular weight excluding hydrogens is 272 g/mol. The second-order valence-electron chi connectivity index (χ2n) is 4.82. The second kappa shape index (κ2) is 7.13. The summed E-state index contributed by atoms with van der Waals surface area (Å²) < 4.78 is 0. The highest BCUT2D eigenvalue weighted by Crippen LogP contribution is 2.23. The molecule has 7 heteroatoms. The molecular formula is C11H20N2O3S2. The summed E-state index contributed by atoms with van der Waals surface area (Å²) >= 11 is 3.78. The molecule has 0 aromatic carbocycles. The Balaban J connectivity index is 2.19. The number of urea groups is 1. The zero-order valence-electron chi connectivity index (χ0n) is 10.7. The molecule has 3 N–H and O–H groups in total. The molecule has 1 atom stereocenters. The zero-order valence-corrected chi connectivity index (χ0v) is 12.3. The van der Waals surface area contributed by atoms with E-state index < -0.39 is 11.4 Å². The van der Waals surface area contributed by atoms with Gasteiger partial charge in [-0.3, -0.25) is 4.79 Å². The van der Waals surface area contributed by atoms with Crippen LogP contribution in [-0.2, 0) is 4.79 Å². The van der Waals surface area contributed by atoms with E-state index in [-0.39, 0.29) is 12.6 Å². The molecule has 1 fully saturated rings. The van der Waals surface area contributed by atoms with Crippen LogP contribution >= 0.6 is 23.5 Å². The lowest BCUT2D eigenvalue weighted by Gasteiger charge is -2.22. The number of thioether (sulfide) groups is 2. The van der Waals surface area contributed by atoms with Gasteiger partial charge in [0.25, 0.3) is 0 Å². The van der Waals surface area contributed by atoms with Crippen molar-refractivity contribution >= 4 is 35.5 Å². The minimum Gasteiger partial charge on any atom is -0.481 e. The molecule has 1 rings (SSSR count). The summed E-state index contributed by atoms with van der Waals surface area (Å²) in [5.41, 5.74) is -0.938. The highest BCUT2D eigenvalue weighted by atomic mass is 32.2. The third-order valence-corrected chi connectivity index (χ3v) is 5.49. The Morgan fingerprint density at radius 3 is 2.61 bits per heavy atom. The molecule has 5 nitrogen and oxygen atoms in total. The van der Waals surface area contributed by atoms with E-state index in [2.05, 4.69) is 10.6 Å². The number of carbonyl (C=O) groups is 2. The molecule has 0 spiro atoms.